The first-order valence-corrected chi connectivity index (χ1v) is 7.54. The number of hydrogen-bond donors (Lipinski definition) is 0. The van der Waals surface area contributed by atoms with Crippen LogP contribution in [0.1, 0.15) is 51.4 Å². The number of hydrogen-bond acceptors (Lipinski definition) is 1. The quantitative estimate of drug-likeness (QED) is 0.667. The zero-order valence-corrected chi connectivity index (χ0v) is 12.0. The molecule has 0 aromatic heterocycles. The van der Waals surface area contributed by atoms with Crippen LogP contribution in [0, 0.1) is 0 Å². The predicted octanol–water partition coefficient (Wildman–Crippen LogP) is 2.63. The Morgan fingerprint density at radius 3 is 1.65 bits per heavy atom. The third kappa shape index (κ3) is 1.67. The molecule has 1 saturated heterocycles. The maximum absolute atomic E-state index is 2.85. The molecule has 0 N–H and O–H groups in total. The smallest absolute Gasteiger partial charge is 0.0988 e. The largest absolute Gasteiger partial charge is 0.326 e. The third-order valence-corrected chi connectivity index (χ3v) is 6.37. The fourth-order valence-electron chi connectivity index (χ4n) is 4.82. The van der Waals surface area contributed by atoms with Gasteiger partial charge in [0, 0.05) is 24.8 Å². The summed E-state index contributed by atoms with van der Waals surface area (Å²) in [6.45, 7) is 2.77. The second-order valence-electron chi connectivity index (χ2n) is 7.66. The summed E-state index contributed by atoms with van der Waals surface area (Å²) in [5.74, 6) is 0. The molecule has 3 saturated carbocycles. The van der Waals surface area contributed by atoms with Gasteiger partial charge in [0.1, 0.15) is 0 Å². The van der Waals surface area contributed by atoms with Gasteiger partial charge in [0.05, 0.1) is 26.7 Å². The molecule has 0 aromatic rings. The summed E-state index contributed by atoms with van der Waals surface area (Å²) >= 11 is 0. The Morgan fingerprint density at radius 1 is 0.765 bits per heavy atom. The van der Waals surface area contributed by atoms with Gasteiger partial charge < -0.3 is 4.48 Å². The lowest BCUT2D eigenvalue weighted by Crippen LogP contribution is -2.67. The summed E-state index contributed by atoms with van der Waals surface area (Å²) in [6.07, 6.45) is 11.7. The van der Waals surface area contributed by atoms with Crippen LogP contribution < -0.4 is 0 Å². The van der Waals surface area contributed by atoms with Crippen LogP contribution >= 0.6 is 0 Å². The minimum Gasteiger partial charge on any atom is -0.326 e. The van der Waals surface area contributed by atoms with Crippen molar-refractivity contribution in [3.05, 3.63) is 0 Å². The Balaban J connectivity index is 1.77. The van der Waals surface area contributed by atoms with Crippen molar-refractivity contribution in [1.82, 2.24) is 4.90 Å². The lowest BCUT2D eigenvalue weighted by Gasteiger charge is -2.60. The molecule has 2 heteroatoms. The zero-order valence-electron chi connectivity index (χ0n) is 12.0. The Labute approximate surface area is 107 Å². The van der Waals surface area contributed by atoms with E-state index in [1.54, 1.807) is 0 Å². The van der Waals surface area contributed by atoms with Gasteiger partial charge in [-0.15, -0.1) is 0 Å². The average molecular weight is 237 g/mol. The molecule has 1 heterocycles. The monoisotopic (exact) mass is 237 g/mol. The third-order valence-electron chi connectivity index (χ3n) is 6.37. The zero-order chi connectivity index (χ0) is 12.1. The molecule has 4 rings (SSSR count). The van der Waals surface area contributed by atoms with E-state index in [0.717, 1.165) is 0 Å². The highest BCUT2D eigenvalue weighted by Gasteiger charge is 2.56. The van der Waals surface area contributed by atoms with Crippen LogP contribution in [-0.2, 0) is 0 Å². The molecule has 0 amide bonds. The van der Waals surface area contributed by atoms with Crippen molar-refractivity contribution >= 4 is 0 Å². The van der Waals surface area contributed by atoms with E-state index in [0.29, 0.717) is 11.1 Å². The van der Waals surface area contributed by atoms with E-state index in [2.05, 4.69) is 26.0 Å². The Kier molecular flexibility index (Phi) is 2.61. The molecule has 2 nitrogen and oxygen atoms in total. The van der Waals surface area contributed by atoms with E-state index < -0.39 is 0 Å². The van der Waals surface area contributed by atoms with Crippen LogP contribution in [0.2, 0.25) is 0 Å². The molecule has 0 atom stereocenters. The van der Waals surface area contributed by atoms with E-state index in [-0.39, 0.29) is 0 Å². The first-order chi connectivity index (χ1) is 7.98. The molecule has 4 aliphatic rings. The first-order valence-electron chi connectivity index (χ1n) is 7.54. The molecule has 17 heavy (non-hydrogen) atoms. The van der Waals surface area contributed by atoms with E-state index in [1.165, 1.54) is 68.9 Å². The number of rotatable bonds is 2. The summed E-state index contributed by atoms with van der Waals surface area (Å²) in [4.78, 5) is 2.85. The van der Waals surface area contributed by atoms with Gasteiger partial charge in [-0.1, -0.05) is 0 Å². The van der Waals surface area contributed by atoms with Gasteiger partial charge in [-0.25, -0.2) is 0 Å². The highest BCUT2D eigenvalue weighted by Crippen LogP contribution is 2.53. The Bertz CT molecular complexity index is 272. The van der Waals surface area contributed by atoms with Crippen molar-refractivity contribution in [2.45, 2.75) is 62.4 Å². The van der Waals surface area contributed by atoms with Gasteiger partial charge in [-0.2, -0.15) is 0 Å². The van der Waals surface area contributed by atoms with Crippen molar-refractivity contribution in [1.29, 1.82) is 0 Å². The van der Waals surface area contributed by atoms with Gasteiger partial charge in [-0.3, -0.25) is 4.90 Å². The maximum Gasteiger partial charge on any atom is 0.0988 e. The minimum atomic E-state index is 0.613. The lowest BCUT2D eigenvalue weighted by molar-refractivity contribution is -0.928. The normalized spacial score (nSPS) is 43.2. The van der Waals surface area contributed by atoms with E-state index in [4.69, 9.17) is 0 Å². The molecular formula is C15H29N2+. The molecule has 98 valence electrons. The summed E-state index contributed by atoms with van der Waals surface area (Å²) < 4.78 is 1.18. The van der Waals surface area contributed by atoms with Gasteiger partial charge >= 0.3 is 0 Å². The molecule has 0 radical (unpaired) electrons. The minimum absolute atomic E-state index is 0.613. The summed E-state index contributed by atoms with van der Waals surface area (Å²) in [5.41, 5.74) is 1.24. The summed E-state index contributed by atoms with van der Waals surface area (Å²) in [5, 5.41) is 0. The highest BCUT2D eigenvalue weighted by atomic mass is 15.4. The topological polar surface area (TPSA) is 3.24 Å². The highest BCUT2D eigenvalue weighted by molar-refractivity contribution is 5.07. The van der Waals surface area contributed by atoms with E-state index in [1.807, 2.05) is 0 Å². The number of nitrogens with zero attached hydrogens (tertiary/aromatic N) is 2. The second-order valence-corrected chi connectivity index (χ2v) is 7.66. The number of quaternary nitrogens is 1. The van der Waals surface area contributed by atoms with Gasteiger partial charge in [-0.05, 0) is 45.2 Å². The molecule has 0 aromatic carbocycles. The van der Waals surface area contributed by atoms with E-state index in [9.17, 15) is 0 Å². The number of fused-ring (bicyclic) bond motifs is 3. The second kappa shape index (κ2) is 3.71. The van der Waals surface area contributed by atoms with Gasteiger partial charge in [0.25, 0.3) is 0 Å². The van der Waals surface area contributed by atoms with Gasteiger partial charge in [0.15, 0.2) is 0 Å². The molecule has 1 aliphatic heterocycles. The van der Waals surface area contributed by atoms with Gasteiger partial charge in [0.2, 0.25) is 0 Å². The van der Waals surface area contributed by atoms with Crippen molar-refractivity contribution in [3.8, 4) is 0 Å². The lowest BCUT2D eigenvalue weighted by atomic mass is 9.59. The first kappa shape index (κ1) is 12.0. The fraction of sp³-hybridized carbons (Fsp3) is 1.00. The van der Waals surface area contributed by atoms with Crippen molar-refractivity contribution in [2.75, 3.05) is 34.2 Å². The molecule has 0 unspecified atom stereocenters. The standard InChI is InChI=1S/C15H29N2/c1-17(2,3)15-9-6-14(7-10-15,8-11-15)16-12-4-5-13-16/h4-13H2,1-3H3/q+1. The molecule has 0 spiro atoms. The SMILES string of the molecule is C[N+](C)(C)C12CCC(N3CCCC3)(CC1)CC2. The summed E-state index contributed by atoms with van der Waals surface area (Å²) in [7, 11) is 7.23. The average Bonchev–Trinajstić information content (AvgIpc) is 2.84. The maximum atomic E-state index is 2.85. The molecule has 3 aliphatic carbocycles. The molecular weight excluding hydrogens is 208 g/mol. The number of likely N-dealkylation sites (tertiary alicyclic amines) is 1. The van der Waals surface area contributed by atoms with Crippen LogP contribution in [0.25, 0.3) is 0 Å². The van der Waals surface area contributed by atoms with Crippen LogP contribution in [0.15, 0.2) is 0 Å². The van der Waals surface area contributed by atoms with Crippen LogP contribution in [0.5, 0.6) is 0 Å². The summed E-state index contributed by atoms with van der Waals surface area (Å²) in [6, 6.07) is 0. The molecule has 2 bridgehead atoms. The van der Waals surface area contributed by atoms with Crippen molar-refractivity contribution in [2.24, 2.45) is 0 Å². The van der Waals surface area contributed by atoms with Crippen LogP contribution in [-0.4, -0.2) is 54.7 Å². The molecule has 4 fully saturated rings. The van der Waals surface area contributed by atoms with Crippen molar-refractivity contribution in [3.63, 3.8) is 0 Å². The van der Waals surface area contributed by atoms with Crippen LogP contribution in [0.3, 0.4) is 0 Å². The van der Waals surface area contributed by atoms with E-state index >= 15 is 0 Å². The predicted molar refractivity (Wildman–Crippen MR) is 72.0 cm³/mol. The van der Waals surface area contributed by atoms with Crippen molar-refractivity contribution < 1.29 is 4.48 Å². The Hall–Kier alpha value is -0.0800. The fourth-order valence-corrected chi connectivity index (χ4v) is 4.82. The Morgan fingerprint density at radius 2 is 1.24 bits per heavy atom. The van der Waals surface area contributed by atoms with Crippen LogP contribution in [0.4, 0.5) is 0 Å².